The number of carbonyl (C=O) groups excluding carboxylic acids is 1. The number of rotatable bonds is 2. The van der Waals surface area contributed by atoms with Gasteiger partial charge in [0.15, 0.2) is 0 Å². The van der Waals surface area contributed by atoms with Crippen molar-refractivity contribution in [1.82, 2.24) is 4.98 Å². The number of pyridine rings is 1. The summed E-state index contributed by atoms with van der Waals surface area (Å²) in [6.45, 7) is 1.87. The molecule has 0 spiro atoms. The normalized spacial score (nSPS) is 19.8. The van der Waals surface area contributed by atoms with Crippen LogP contribution in [0.1, 0.15) is 6.92 Å². The fourth-order valence-electron chi connectivity index (χ4n) is 3.45. The number of hydrogen-bond donors (Lipinski definition) is 0. The van der Waals surface area contributed by atoms with Gasteiger partial charge < -0.3 is 0 Å². The Kier molecular flexibility index (Phi) is 3.98. The maximum Gasteiger partial charge on any atom is 0.330 e. The zero-order valence-corrected chi connectivity index (χ0v) is 14.8. The highest BCUT2D eigenvalue weighted by molar-refractivity contribution is 6.31. The van der Waals surface area contributed by atoms with Crippen molar-refractivity contribution >= 4 is 39.8 Å². The maximum atomic E-state index is 13.3. The molecule has 26 heavy (non-hydrogen) atoms. The van der Waals surface area contributed by atoms with Crippen LogP contribution in [0.15, 0.2) is 60.9 Å². The van der Waals surface area contributed by atoms with Gasteiger partial charge in [0.1, 0.15) is 6.04 Å². The number of benzene rings is 2. The standard InChI is InChI=1S/C20H15ClN4O/c1-13-18(10-22)25(19-12-23-11-14-5-2-3-8-17(14)19)20(26)24(13)16-7-4-6-15(21)9-16/h2-9,11-13,18H,1H3/t13-,18-/m0/s1. The fourth-order valence-corrected chi connectivity index (χ4v) is 3.63. The third-order valence-electron chi connectivity index (χ3n) is 4.68. The molecule has 2 amide bonds. The van der Waals surface area contributed by atoms with E-state index in [2.05, 4.69) is 11.1 Å². The van der Waals surface area contributed by atoms with Gasteiger partial charge in [-0.15, -0.1) is 0 Å². The first-order chi connectivity index (χ1) is 12.6. The van der Waals surface area contributed by atoms with Crippen LogP contribution in [-0.4, -0.2) is 23.1 Å². The Morgan fingerprint density at radius 2 is 1.92 bits per heavy atom. The Hall–Kier alpha value is -3.10. The van der Waals surface area contributed by atoms with Gasteiger partial charge in [-0.25, -0.2) is 4.79 Å². The SMILES string of the molecule is C[C@H]1[C@H](C#N)N(c2cncc3ccccc23)C(=O)N1c1cccc(Cl)c1. The second-order valence-corrected chi connectivity index (χ2v) is 6.63. The third-order valence-corrected chi connectivity index (χ3v) is 4.92. The molecule has 5 nitrogen and oxygen atoms in total. The Bertz CT molecular complexity index is 1040. The summed E-state index contributed by atoms with van der Waals surface area (Å²) in [5, 5.41) is 12.1. The van der Waals surface area contributed by atoms with Gasteiger partial charge in [0.05, 0.1) is 24.0 Å². The van der Waals surface area contributed by atoms with E-state index in [9.17, 15) is 10.1 Å². The Morgan fingerprint density at radius 1 is 1.12 bits per heavy atom. The van der Waals surface area contributed by atoms with Crippen LogP contribution in [0.5, 0.6) is 0 Å². The highest BCUT2D eigenvalue weighted by Crippen LogP contribution is 2.36. The summed E-state index contributed by atoms with van der Waals surface area (Å²) in [7, 11) is 0. The number of hydrogen-bond acceptors (Lipinski definition) is 3. The van der Waals surface area contributed by atoms with Gasteiger partial charge in [-0.05, 0) is 25.1 Å². The molecule has 0 radical (unpaired) electrons. The molecule has 4 rings (SSSR count). The molecule has 0 bridgehead atoms. The molecule has 6 heteroatoms. The third kappa shape index (κ3) is 2.47. The quantitative estimate of drug-likeness (QED) is 0.668. The number of anilines is 2. The molecular formula is C20H15ClN4O. The first-order valence-corrected chi connectivity index (χ1v) is 8.60. The number of aromatic nitrogens is 1. The second-order valence-electron chi connectivity index (χ2n) is 6.20. The van der Waals surface area contributed by atoms with Crippen LogP contribution < -0.4 is 9.80 Å². The van der Waals surface area contributed by atoms with Gasteiger partial charge in [0.25, 0.3) is 0 Å². The zero-order valence-electron chi connectivity index (χ0n) is 14.0. The predicted octanol–water partition coefficient (Wildman–Crippen LogP) is 4.62. The van der Waals surface area contributed by atoms with Gasteiger partial charge in [-0.3, -0.25) is 14.8 Å². The molecule has 2 heterocycles. The van der Waals surface area contributed by atoms with Crippen LogP contribution in [0.3, 0.4) is 0 Å². The molecule has 0 unspecified atom stereocenters. The summed E-state index contributed by atoms with van der Waals surface area (Å²) < 4.78 is 0. The Morgan fingerprint density at radius 3 is 2.69 bits per heavy atom. The zero-order chi connectivity index (χ0) is 18.3. The largest absolute Gasteiger partial charge is 0.330 e. The minimum absolute atomic E-state index is 0.260. The number of halogens is 1. The van der Waals surface area contributed by atoms with Crippen LogP contribution in [0.2, 0.25) is 5.02 Å². The number of carbonyl (C=O) groups is 1. The molecule has 1 aliphatic rings. The maximum absolute atomic E-state index is 13.3. The molecular weight excluding hydrogens is 348 g/mol. The molecule has 1 fully saturated rings. The van der Waals surface area contributed by atoms with Crippen LogP contribution >= 0.6 is 11.6 Å². The summed E-state index contributed by atoms with van der Waals surface area (Å²) >= 11 is 6.09. The number of fused-ring (bicyclic) bond motifs is 1. The summed E-state index contributed by atoms with van der Waals surface area (Å²) in [6.07, 6.45) is 3.39. The number of nitriles is 1. The predicted molar refractivity (Wildman–Crippen MR) is 102 cm³/mol. The number of nitrogens with zero attached hydrogens (tertiary/aromatic N) is 4. The number of amides is 2. The highest BCUT2D eigenvalue weighted by Gasteiger charge is 2.45. The van der Waals surface area contributed by atoms with Crippen molar-refractivity contribution in [1.29, 1.82) is 5.26 Å². The first-order valence-electron chi connectivity index (χ1n) is 8.22. The molecule has 1 aromatic heterocycles. The van der Waals surface area contributed by atoms with Crippen molar-refractivity contribution in [3.8, 4) is 6.07 Å². The molecule has 1 saturated heterocycles. The van der Waals surface area contributed by atoms with E-state index >= 15 is 0 Å². The Labute approximate surface area is 156 Å². The molecule has 2 atom stereocenters. The van der Waals surface area contributed by atoms with Crippen molar-refractivity contribution in [3.05, 3.63) is 65.9 Å². The monoisotopic (exact) mass is 362 g/mol. The summed E-state index contributed by atoms with van der Waals surface area (Å²) in [6, 6.07) is 15.8. The summed E-state index contributed by atoms with van der Waals surface area (Å²) in [5.74, 6) is 0. The first kappa shape index (κ1) is 16.4. The van der Waals surface area contributed by atoms with Crippen molar-refractivity contribution in [3.63, 3.8) is 0 Å². The van der Waals surface area contributed by atoms with E-state index in [0.717, 1.165) is 10.8 Å². The van der Waals surface area contributed by atoms with E-state index in [1.807, 2.05) is 37.3 Å². The molecule has 0 aliphatic carbocycles. The molecule has 2 aromatic carbocycles. The van der Waals surface area contributed by atoms with E-state index in [0.29, 0.717) is 16.4 Å². The molecule has 128 valence electrons. The lowest BCUT2D eigenvalue weighted by Crippen LogP contribution is -2.34. The van der Waals surface area contributed by atoms with Crippen molar-refractivity contribution < 1.29 is 4.79 Å². The molecule has 0 N–H and O–H groups in total. The lowest BCUT2D eigenvalue weighted by molar-refractivity contribution is 0.255. The van der Waals surface area contributed by atoms with Gasteiger partial charge in [-0.1, -0.05) is 41.9 Å². The average molecular weight is 363 g/mol. The fraction of sp³-hybridized carbons (Fsp3) is 0.150. The van der Waals surface area contributed by atoms with Crippen LogP contribution in [-0.2, 0) is 0 Å². The smallest absolute Gasteiger partial charge is 0.288 e. The summed E-state index contributed by atoms with van der Waals surface area (Å²) in [5.41, 5.74) is 1.31. The van der Waals surface area contributed by atoms with E-state index < -0.39 is 6.04 Å². The van der Waals surface area contributed by atoms with E-state index in [-0.39, 0.29) is 12.1 Å². The average Bonchev–Trinajstić information content (AvgIpc) is 2.90. The lowest BCUT2D eigenvalue weighted by Gasteiger charge is -2.21. The van der Waals surface area contributed by atoms with Gasteiger partial charge >= 0.3 is 6.03 Å². The van der Waals surface area contributed by atoms with Crippen molar-refractivity contribution in [2.75, 3.05) is 9.80 Å². The molecule has 1 aliphatic heterocycles. The van der Waals surface area contributed by atoms with Gasteiger partial charge in [0.2, 0.25) is 0 Å². The van der Waals surface area contributed by atoms with Crippen molar-refractivity contribution in [2.45, 2.75) is 19.0 Å². The van der Waals surface area contributed by atoms with Gasteiger partial charge in [0, 0.05) is 27.7 Å². The van der Waals surface area contributed by atoms with Crippen LogP contribution in [0, 0.1) is 11.3 Å². The highest BCUT2D eigenvalue weighted by atomic mass is 35.5. The van der Waals surface area contributed by atoms with E-state index in [4.69, 9.17) is 11.6 Å². The summed E-state index contributed by atoms with van der Waals surface area (Å²) in [4.78, 5) is 20.7. The van der Waals surface area contributed by atoms with E-state index in [1.165, 1.54) is 4.90 Å². The molecule has 3 aromatic rings. The lowest BCUT2D eigenvalue weighted by atomic mass is 10.1. The van der Waals surface area contributed by atoms with Crippen LogP contribution in [0.4, 0.5) is 16.2 Å². The molecule has 0 saturated carbocycles. The van der Waals surface area contributed by atoms with Gasteiger partial charge in [-0.2, -0.15) is 5.26 Å². The topological polar surface area (TPSA) is 60.2 Å². The minimum atomic E-state index is -0.630. The minimum Gasteiger partial charge on any atom is -0.288 e. The van der Waals surface area contributed by atoms with E-state index in [1.54, 1.807) is 35.5 Å². The Balaban J connectivity index is 1.86. The van der Waals surface area contributed by atoms with Crippen molar-refractivity contribution in [2.24, 2.45) is 0 Å². The van der Waals surface area contributed by atoms with Crippen LogP contribution in [0.25, 0.3) is 10.8 Å². The second kappa shape index (κ2) is 6.32. The number of urea groups is 1.